The molecule has 4 aromatic rings. The Bertz CT molecular complexity index is 1600. The molecule has 4 rings (SSSR count). The lowest BCUT2D eigenvalue weighted by atomic mass is 10.0. The van der Waals surface area contributed by atoms with E-state index in [0.29, 0.717) is 10.8 Å². The van der Waals surface area contributed by atoms with Gasteiger partial charge in [-0.15, -0.1) is 23.1 Å². The first kappa shape index (κ1) is 28.5. The van der Waals surface area contributed by atoms with Crippen molar-refractivity contribution in [3.8, 4) is 11.3 Å². The van der Waals surface area contributed by atoms with E-state index in [-0.39, 0.29) is 17.0 Å². The van der Waals surface area contributed by atoms with E-state index in [2.05, 4.69) is 15.6 Å². The Morgan fingerprint density at radius 1 is 0.850 bits per heavy atom. The summed E-state index contributed by atoms with van der Waals surface area (Å²) in [4.78, 5) is 54.6. The van der Waals surface area contributed by atoms with Gasteiger partial charge in [-0.25, -0.2) is 14.6 Å². The van der Waals surface area contributed by atoms with Crippen LogP contribution in [-0.4, -0.2) is 44.2 Å². The van der Waals surface area contributed by atoms with Gasteiger partial charge in [0, 0.05) is 21.0 Å². The van der Waals surface area contributed by atoms with Crippen molar-refractivity contribution in [3.05, 3.63) is 93.9 Å². The van der Waals surface area contributed by atoms with Crippen LogP contribution in [0.15, 0.2) is 71.6 Å². The van der Waals surface area contributed by atoms with Crippen LogP contribution in [-0.2, 0) is 4.79 Å². The molecule has 0 saturated carbocycles. The van der Waals surface area contributed by atoms with Crippen LogP contribution in [0.3, 0.4) is 0 Å². The number of thioether (sulfide) groups is 1. The maximum absolute atomic E-state index is 12.8. The first-order chi connectivity index (χ1) is 19.0. The summed E-state index contributed by atoms with van der Waals surface area (Å²) in [6.07, 6.45) is 0. The first-order valence-corrected chi connectivity index (χ1v) is 13.8. The number of aromatic carboxylic acids is 2. The van der Waals surface area contributed by atoms with Crippen molar-refractivity contribution in [2.45, 2.75) is 30.9 Å². The maximum Gasteiger partial charge on any atom is 0.336 e. The number of anilines is 2. The Morgan fingerprint density at radius 2 is 1.52 bits per heavy atom. The number of hydrogen-bond acceptors (Lipinski definition) is 7. The summed E-state index contributed by atoms with van der Waals surface area (Å²) in [6.45, 7) is 5.77. The molecule has 0 saturated heterocycles. The number of carbonyl (C=O) groups excluding carboxylic acids is 2. The molecule has 1 heterocycles. The van der Waals surface area contributed by atoms with Crippen molar-refractivity contribution in [2.24, 2.45) is 0 Å². The Balaban J connectivity index is 1.37. The topological polar surface area (TPSA) is 146 Å². The van der Waals surface area contributed by atoms with Gasteiger partial charge < -0.3 is 20.8 Å². The zero-order valence-electron chi connectivity index (χ0n) is 21.7. The monoisotopic (exact) mass is 575 g/mol. The predicted molar refractivity (Wildman–Crippen MR) is 156 cm³/mol. The van der Waals surface area contributed by atoms with Gasteiger partial charge in [-0.3, -0.25) is 9.59 Å². The van der Waals surface area contributed by atoms with Crippen LogP contribution >= 0.6 is 23.1 Å². The normalized spacial score (nSPS) is 11.5. The molecule has 11 heteroatoms. The van der Waals surface area contributed by atoms with Gasteiger partial charge >= 0.3 is 11.9 Å². The molecular weight excluding hydrogens is 550 g/mol. The number of aryl methyl sites for hydroxylation is 2. The highest BCUT2D eigenvalue weighted by Gasteiger charge is 2.20. The highest BCUT2D eigenvalue weighted by molar-refractivity contribution is 8.00. The molecule has 0 bridgehead atoms. The summed E-state index contributed by atoms with van der Waals surface area (Å²) >= 11 is 2.75. The average Bonchev–Trinajstić information content (AvgIpc) is 3.29. The molecule has 0 aliphatic heterocycles. The number of amides is 2. The van der Waals surface area contributed by atoms with E-state index in [1.165, 1.54) is 35.2 Å². The van der Waals surface area contributed by atoms with Gasteiger partial charge in [0.2, 0.25) is 5.91 Å². The van der Waals surface area contributed by atoms with Crippen molar-refractivity contribution < 1.29 is 29.4 Å². The minimum absolute atomic E-state index is 0.163. The van der Waals surface area contributed by atoms with Crippen LogP contribution in [0.5, 0.6) is 0 Å². The quantitative estimate of drug-likeness (QED) is 0.173. The lowest BCUT2D eigenvalue weighted by molar-refractivity contribution is -0.115. The molecule has 40 heavy (non-hydrogen) atoms. The summed E-state index contributed by atoms with van der Waals surface area (Å²) in [7, 11) is 0. The number of nitrogens with one attached hydrogen (secondary N) is 2. The minimum Gasteiger partial charge on any atom is -0.478 e. The maximum atomic E-state index is 12.8. The molecule has 204 valence electrons. The molecule has 3 aromatic carbocycles. The molecule has 0 radical (unpaired) electrons. The number of carboxylic acids is 2. The SMILES string of the molecule is Cc1ccc(-c2nc(NC(=O)C(C)Sc3ccc(NC(=O)c4ccc(C(=O)O)cc4C(=O)O)cc3)sc2C)cc1. The smallest absolute Gasteiger partial charge is 0.336 e. The lowest BCUT2D eigenvalue weighted by Gasteiger charge is -2.12. The van der Waals surface area contributed by atoms with Crippen molar-refractivity contribution in [1.29, 1.82) is 0 Å². The molecule has 0 aliphatic carbocycles. The third kappa shape index (κ3) is 6.74. The second kappa shape index (κ2) is 12.1. The first-order valence-electron chi connectivity index (χ1n) is 12.1. The summed E-state index contributed by atoms with van der Waals surface area (Å²) in [5.74, 6) is -3.59. The van der Waals surface area contributed by atoms with Crippen molar-refractivity contribution >= 4 is 57.7 Å². The summed E-state index contributed by atoms with van der Waals surface area (Å²) in [5.41, 5.74) is 2.59. The van der Waals surface area contributed by atoms with E-state index >= 15 is 0 Å². The highest BCUT2D eigenvalue weighted by Crippen LogP contribution is 2.32. The van der Waals surface area contributed by atoms with Crippen molar-refractivity contribution in [1.82, 2.24) is 4.98 Å². The largest absolute Gasteiger partial charge is 0.478 e. The Morgan fingerprint density at radius 3 is 2.15 bits per heavy atom. The molecule has 1 aromatic heterocycles. The molecule has 1 unspecified atom stereocenters. The molecule has 0 spiro atoms. The summed E-state index contributed by atoms with van der Waals surface area (Å²) < 4.78 is 0. The van der Waals surface area contributed by atoms with Gasteiger partial charge in [-0.05, 0) is 63.2 Å². The Hall–Kier alpha value is -4.48. The van der Waals surface area contributed by atoms with Crippen LogP contribution in [0.1, 0.15) is 48.4 Å². The average molecular weight is 576 g/mol. The third-order valence-corrected chi connectivity index (χ3v) is 7.89. The fourth-order valence-corrected chi connectivity index (χ4v) is 5.47. The van der Waals surface area contributed by atoms with Crippen LogP contribution < -0.4 is 10.6 Å². The number of rotatable bonds is 9. The van der Waals surface area contributed by atoms with Crippen molar-refractivity contribution in [2.75, 3.05) is 10.6 Å². The second-order valence-corrected chi connectivity index (χ2v) is 11.5. The van der Waals surface area contributed by atoms with Crippen LogP contribution in [0, 0.1) is 13.8 Å². The van der Waals surface area contributed by atoms with E-state index in [9.17, 15) is 24.3 Å². The standard InChI is InChI=1S/C29H25N3O6S2/c1-15-4-6-18(7-5-15)24-16(2)40-29(31-24)32-25(33)17(3)39-21-11-9-20(10-12-21)30-26(34)22-13-8-19(27(35)36)14-23(22)28(37)38/h4-14,17H,1-3H3,(H,30,34)(H,35,36)(H,37,38)(H,31,32,33). The summed E-state index contributed by atoms with van der Waals surface area (Å²) in [6, 6.07) is 18.1. The number of carboxylic acid groups (broad SMARTS) is 2. The van der Waals surface area contributed by atoms with Gasteiger partial charge in [-0.1, -0.05) is 29.8 Å². The molecule has 4 N–H and O–H groups in total. The lowest BCUT2D eigenvalue weighted by Crippen LogP contribution is -2.22. The van der Waals surface area contributed by atoms with Gasteiger partial charge in [0.1, 0.15) is 0 Å². The van der Waals surface area contributed by atoms with Crippen LogP contribution in [0.2, 0.25) is 0 Å². The van der Waals surface area contributed by atoms with E-state index in [1.54, 1.807) is 31.2 Å². The zero-order chi connectivity index (χ0) is 29.0. The van der Waals surface area contributed by atoms with E-state index in [1.807, 2.05) is 38.1 Å². The molecule has 1 atom stereocenters. The number of carbonyl (C=O) groups is 4. The fourth-order valence-electron chi connectivity index (χ4n) is 3.76. The van der Waals surface area contributed by atoms with Crippen LogP contribution in [0.4, 0.5) is 10.8 Å². The third-order valence-electron chi connectivity index (χ3n) is 5.89. The Kier molecular flexibility index (Phi) is 8.66. The van der Waals surface area contributed by atoms with Gasteiger partial charge in [0.05, 0.1) is 27.6 Å². The Labute approximate surface area is 238 Å². The van der Waals surface area contributed by atoms with Gasteiger partial charge in [0.15, 0.2) is 5.13 Å². The highest BCUT2D eigenvalue weighted by atomic mass is 32.2. The molecule has 9 nitrogen and oxygen atoms in total. The van der Waals surface area contributed by atoms with Gasteiger partial charge in [-0.2, -0.15) is 0 Å². The van der Waals surface area contributed by atoms with Gasteiger partial charge in [0.25, 0.3) is 5.91 Å². The second-order valence-electron chi connectivity index (χ2n) is 8.89. The number of thiazole rings is 1. The number of aromatic nitrogens is 1. The predicted octanol–water partition coefficient (Wildman–Crippen LogP) is 6.19. The van der Waals surface area contributed by atoms with E-state index < -0.39 is 28.7 Å². The number of benzene rings is 3. The van der Waals surface area contributed by atoms with E-state index in [0.717, 1.165) is 32.7 Å². The molecule has 0 aliphatic rings. The molecule has 2 amide bonds. The number of nitrogens with zero attached hydrogens (tertiary/aromatic N) is 1. The fraction of sp³-hybridized carbons (Fsp3) is 0.138. The number of hydrogen-bond donors (Lipinski definition) is 4. The minimum atomic E-state index is -1.41. The van der Waals surface area contributed by atoms with E-state index in [4.69, 9.17) is 5.11 Å². The summed E-state index contributed by atoms with van der Waals surface area (Å²) in [5, 5.41) is 24.1. The molecular formula is C29H25N3O6S2. The van der Waals surface area contributed by atoms with Crippen molar-refractivity contribution in [3.63, 3.8) is 0 Å². The van der Waals surface area contributed by atoms with Crippen LogP contribution in [0.25, 0.3) is 11.3 Å². The zero-order valence-corrected chi connectivity index (χ0v) is 23.4. The molecule has 0 fully saturated rings.